The molecule has 9 heteroatoms. The van der Waals surface area contributed by atoms with E-state index in [2.05, 4.69) is 15.3 Å². The van der Waals surface area contributed by atoms with E-state index in [-0.39, 0.29) is 23.8 Å². The first kappa shape index (κ1) is 16.4. The fraction of sp³-hybridized carbons (Fsp3) is 0.471. The van der Waals surface area contributed by atoms with Gasteiger partial charge in [-0.05, 0) is 66.7 Å². The normalized spacial score (nSPS) is 35.2. The minimum atomic E-state index is -9.69. The highest BCUT2D eigenvalue weighted by Gasteiger charge is 2.66. The lowest BCUT2D eigenvalue weighted by Gasteiger charge is -2.45. The molecule has 2 bridgehead atoms. The molecule has 5 rings (SSSR count). The van der Waals surface area contributed by atoms with E-state index in [0.717, 1.165) is 31.0 Å². The second-order valence-corrected chi connectivity index (χ2v) is 10.2. The second kappa shape index (κ2) is 4.37. The van der Waals surface area contributed by atoms with Crippen LogP contribution in [-0.2, 0) is 0 Å². The summed E-state index contributed by atoms with van der Waals surface area (Å²) in [6, 6.07) is 2.28. The Morgan fingerprint density at radius 2 is 1.81 bits per heavy atom. The van der Waals surface area contributed by atoms with E-state index in [9.17, 15) is 19.4 Å². The van der Waals surface area contributed by atoms with Crippen LogP contribution in [0.3, 0.4) is 0 Å². The maximum atomic E-state index is 13.3. The molecule has 3 aliphatic rings. The largest absolute Gasteiger partial charge is 0.376 e. The summed E-state index contributed by atoms with van der Waals surface area (Å²) in [5.74, 6) is 0.612. The van der Waals surface area contributed by atoms with Crippen LogP contribution in [0.4, 0.5) is 25.1 Å². The van der Waals surface area contributed by atoms with Gasteiger partial charge in [-0.1, -0.05) is 19.4 Å². The van der Waals surface area contributed by atoms with E-state index < -0.39 is 15.1 Å². The van der Waals surface area contributed by atoms with Crippen LogP contribution < -0.4 is 5.32 Å². The molecule has 2 N–H and O–H groups in total. The molecule has 2 saturated carbocycles. The van der Waals surface area contributed by atoms with E-state index in [1.807, 2.05) is 0 Å². The number of hydrogen-bond donors (Lipinski definition) is 2. The van der Waals surface area contributed by atoms with E-state index in [1.165, 1.54) is 0 Å². The number of nitrogens with one attached hydrogen (secondary N) is 2. The quantitative estimate of drug-likeness (QED) is 0.585. The van der Waals surface area contributed by atoms with Gasteiger partial charge in [0.05, 0.1) is 24.3 Å². The minimum absolute atomic E-state index is 0.0869. The molecular weight excluding hydrogens is 373 g/mol. The zero-order chi connectivity index (χ0) is 18.4. The Hall–Kier alpha value is -1.77. The number of hydrogen-bond acceptors (Lipinski definition) is 2. The van der Waals surface area contributed by atoms with Gasteiger partial charge in [0.25, 0.3) is 0 Å². The van der Waals surface area contributed by atoms with Gasteiger partial charge in [-0.2, -0.15) is 0 Å². The number of rotatable bonds is 2. The molecule has 3 nitrogen and oxygen atoms in total. The van der Waals surface area contributed by atoms with E-state index >= 15 is 0 Å². The van der Waals surface area contributed by atoms with Gasteiger partial charge in [-0.25, -0.2) is 4.98 Å². The van der Waals surface area contributed by atoms with Gasteiger partial charge in [-0.3, -0.25) is 0 Å². The molecule has 0 saturated heterocycles. The van der Waals surface area contributed by atoms with Crippen molar-refractivity contribution in [3.63, 3.8) is 0 Å². The van der Waals surface area contributed by atoms with Crippen molar-refractivity contribution < 1.29 is 19.4 Å². The van der Waals surface area contributed by atoms with E-state index in [0.29, 0.717) is 29.3 Å². The van der Waals surface area contributed by atoms with Gasteiger partial charge in [0.1, 0.15) is 4.90 Å². The molecule has 0 unspecified atom stereocenters. The van der Waals surface area contributed by atoms with E-state index in [4.69, 9.17) is 0 Å². The first-order valence-electron chi connectivity index (χ1n) is 8.64. The molecule has 1 aromatic heterocycles. The molecule has 1 aliphatic heterocycles. The molecule has 2 aromatic rings. The van der Waals surface area contributed by atoms with Crippen LogP contribution in [0.1, 0.15) is 42.5 Å². The molecule has 0 radical (unpaired) electrons. The van der Waals surface area contributed by atoms with Crippen molar-refractivity contribution in [3.05, 3.63) is 42.0 Å². The summed E-state index contributed by atoms with van der Waals surface area (Å²) >= 11 is 0. The first-order valence-corrected chi connectivity index (χ1v) is 10.6. The Morgan fingerprint density at radius 3 is 2.50 bits per heavy atom. The van der Waals surface area contributed by atoms with Crippen LogP contribution in [0.25, 0.3) is 0 Å². The predicted octanol–water partition coefficient (Wildman–Crippen LogP) is 6.36. The van der Waals surface area contributed by atoms with Gasteiger partial charge in [0, 0.05) is 5.69 Å². The predicted molar refractivity (Wildman–Crippen MR) is 89.9 cm³/mol. The van der Waals surface area contributed by atoms with Crippen molar-refractivity contribution in [1.29, 1.82) is 0 Å². The highest BCUT2D eigenvalue weighted by Crippen LogP contribution is 3.02. The second-order valence-electron chi connectivity index (χ2n) is 7.78. The number of nitrogens with zero attached hydrogens (tertiary/aromatic N) is 1. The maximum Gasteiger partial charge on any atom is 0.310 e. The van der Waals surface area contributed by atoms with Gasteiger partial charge in [0.15, 0.2) is 0 Å². The third kappa shape index (κ3) is 2.35. The molecule has 5 atom stereocenters. The van der Waals surface area contributed by atoms with Crippen molar-refractivity contribution in [1.82, 2.24) is 9.97 Å². The van der Waals surface area contributed by atoms with Crippen molar-refractivity contribution >= 4 is 15.9 Å². The number of fused-ring (bicyclic) bond motifs is 7. The summed E-state index contributed by atoms with van der Waals surface area (Å²) in [6.45, 7) is 0. The topological polar surface area (TPSA) is 40.7 Å². The highest BCUT2D eigenvalue weighted by atomic mass is 32.5. The smallest absolute Gasteiger partial charge is 0.310 e. The summed E-state index contributed by atoms with van der Waals surface area (Å²) in [5.41, 5.74) is 1.79. The van der Waals surface area contributed by atoms with Crippen LogP contribution in [0, 0.1) is 17.8 Å². The van der Waals surface area contributed by atoms with Gasteiger partial charge in [0.2, 0.25) is 0 Å². The molecule has 142 valence electrons. The summed E-state index contributed by atoms with van der Waals surface area (Å²) < 4.78 is 66.6. The number of H-pyrrole nitrogens is 1. The average Bonchev–Trinajstić information content (AvgIpc) is 3.28. The van der Waals surface area contributed by atoms with Crippen LogP contribution in [-0.4, -0.2) is 9.97 Å². The zero-order valence-corrected chi connectivity index (χ0v) is 14.5. The molecular formula is C17H18F5N3S. The number of halogens is 5. The Labute approximate surface area is 147 Å². The van der Waals surface area contributed by atoms with Crippen molar-refractivity contribution in [3.8, 4) is 0 Å². The lowest BCUT2D eigenvalue weighted by atomic mass is 9.69. The molecule has 0 amide bonds. The molecule has 0 spiro atoms. The zero-order valence-electron chi connectivity index (χ0n) is 13.6. The third-order valence-electron chi connectivity index (χ3n) is 6.36. The Balaban J connectivity index is 1.66. The minimum Gasteiger partial charge on any atom is -0.376 e. The van der Waals surface area contributed by atoms with E-state index in [1.54, 1.807) is 12.5 Å². The first-order chi connectivity index (χ1) is 12.0. The summed E-state index contributed by atoms with van der Waals surface area (Å²) in [5, 5.41) is 3.29. The van der Waals surface area contributed by atoms with Crippen LogP contribution in [0.15, 0.2) is 35.6 Å². The number of aromatic nitrogens is 2. The Morgan fingerprint density at radius 1 is 1.04 bits per heavy atom. The fourth-order valence-electron chi connectivity index (χ4n) is 5.45. The Kier molecular flexibility index (Phi) is 2.76. The Bertz CT molecular complexity index is 880. The lowest BCUT2D eigenvalue weighted by molar-refractivity contribution is 0.245. The fourth-order valence-corrected chi connectivity index (χ4v) is 6.13. The molecule has 2 heterocycles. The van der Waals surface area contributed by atoms with Gasteiger partial charge >= 0.3 is 10.2 Å². The van der Waals surface area contributed by atoms with Crippen LogP contribution >= 0.6 is 10.2 Å². The number of aromatic amines is 1. The summed E-state index contributed by atoms with van der Waals surface area (Å²) in [4.78, 5) is 5.36. The van der Waals surface area contributed by atoms with Gasteiger partial charge < -0.3 is 10.3 Å². The summed E-state index contributed by atoms with van der Waals surface area (Å²) in [6.07, 6.45) is 6.22. The van der Waals surface area contributed by atoms with Crippen molar-refractivity contribution in [2.24, 2.45) is 17.8 Å². The van der Waals surface area contributed by atoms with Crippen LogP contribution in [0.2, 0.25) is 0 Å². The van der Waals surface area contributed by atoms with Crippen molar-refractivity contribution in [2.75, 3.05) is 5.32 Å². The number of imidazole rings is 1. The monoisotopic (exact) mass is 391 g/mol. The molecule has 1 aromatic carbocycles. The average molecular weight is 391 g/mol. The van der Waals surface area contributed by atoms with Crippen LogP contribution in [0.5, 0.6) is 0 Å². The number of benzene rings is 1. The highest BCUT2D eigenvalue weighted by molar-refractivity contribution is 8.45. The maximum absolute atomic E-state index is 13.3. The lowest BCUT2D eigenvalue weighted by Crippen LogP contribution is -2.35. The molecule has 26 heavy (non-hydrogen) atoms. The molecule has 2 aliphatic carbocycles. The van der Waals surface area contributed by atoms with Crippen molar-refractivity contribution in [2.45, 2.75) is 36.1 Å². The third-order valence-corrected chi connectivity index (χ3v) is 7.50. The SMILES string of the molecule is FS(F)(F)(F)(F)c1ccc2c(c1)[C@H]1[C@@H]3CC[C@@H](C3)[C@H]1[C@H](c1cnc[nH]1)N2. The standard InChI is InChI=1S/C17H18F5N3S/c18-26(19,20,21,22)11-3-4-13-12(6-11)15-9-1-2-10(5-9)16(15)17(25-13)14-7-23-8-24-14/h3-4,6-10,15-17,25H,1-2,5H2,(H,23,24)/t9-,10+,15-,16-,17+/m1/s1. The summed E-state index contributed by atoms with van der Waals surface area (Å²) in [7, 11) is -9.69. The molecule has 2 fully saturated rings. The number of anilines is 1. The van der Waals surface area contributed by atoms with Gasteiger partial charge in [-0.15, -0.1) is 0 Å².